The normalized spacial score (nSPS) is 11.1. The maximum Gasteiger partial charge on any atom is 0.0525 e. The highest BCUT2D eigenvalue weighted by Crippen LogP contribution is 2.26. The van der Waals surface area contributed by atoms with E-state index in [9.17, 15) is 0 Å². The van der Waals surface area contributed by atoms with Crippen molar-refractivity contribution in [3.8, 4) is 0 Å². The van der Waals surface area contributed by atoms with Gasteiger partial charge in [0.15, 0.2) is 0 Å². The summed E-state index contributed by atoms with van der Waals surface area (Å²) < 4.78 is 1.09. The first-order valence-corrected chi connectivity index (χ1v) is 7.64. The van der Waals surface area contributed by atoms with Gasteiger partial charge in [0, 0.05) is 21.7 Å². The van der Waals surface area contributed by atoms with Gasteiger partial charge in [0.1, 0.15) is 0 Å². The lowest BCUT2D eigenvalue weighted by molar-refractivity contribution is 0.322. The zero-order valence-corrected chi connectivity index (χ0v) is 12.8. The minimum atomic E-state index is 0.218. The third-order valence-corrected chi connectivity index (χ3v) is 3.82. The highest BCUT2D eigenvalue weighted by Gasteiger charge is 2.04. The molecule has 1 aromatic rings. The Morgan fingerprint density at radius 3 is 2.82 bits per heavy atom. The molecular weight excluding hydrogens is 298 g/mol. The van der Waals surface area contributed by atoms with Crippen molar-refractivity contribution in [1.29, 1.82) is 0 Å². The molecule has 0 aliphatic rings. The molecule has 2 N–H and O–H groups in total. The van der Waals surface area contributed by atoms with Crippen LogP contribution in [0.5, 0.6) is 0 Å². The van der Waals surface area contributed by atoms with Crippen molar-refractivity contribution in [2.24, 2.45) is 5.92 Å². The Bertz CT molecular complexity index is 344. The summed E-state index contributed by atoms with van der Waals surface area (Å²) >= 11 is 5.18. The average Bonchev–Trinajstić information content (AvgIpc) is 2.28. The van der Waals surface area contributed by atoms with Crippen molar-refractivity contribution in [2.45, 2.75) is 25.3 Å². The van der Waals surface area contributed by atoms with Crippen molar-refractivity contribution in [3.05, 3.63) is 28.2 Å². The molecule has 0 bridgehead atoms. The van der Waals surface area contributed by atoms with E-state index in [0.29, 0.717) is 5.92 Å². The Morgan fingerprint density at radius 2 is 2.18 bits per heavy atom. The quantitative estimate of drug-likeness (QED) is 0.757. The summed E-state index contributed by atoms with van der Waals surface area (Å²) in [5.41, 5.74) is 1.30. The molecule has 4 heteroatoms. The van der Waals surface area contributed by atoms with Crippen LogP contribution in [0.2, 0.25) is 0 Å². The molecule has 17 heavy (non-hydrogen) atoms. The summed E-state index contributed by atoms with van der Waals surface area (Å²) in [4.78, 5) is 1.24. The van der Waals surface area contributed by atoms with Crippen LogP contribution in [-0.2, 0) is 6.54 Å². The van der Waals surface area contributed by atoms with E-state index in [4.69, 9.17) is 5.11 Å². The number of thioether (sulfide) groups is 1. The van der Waals surface area contributed by atoms with Gasteiger partial charge in [-0.2, -0.15) is 0 Å². The molecule has 0 spiro atoms. The Morgan fingerprint density at radius 1 is 1.41 bits per heavy atom. The van der Waals surface area contributed by atoms with E-state index in [0.717, 1.165) is 23.3 Å². The van der Waals surface area contributed by atoms with E-state index in [1.165, 1.54) is 10.5 Å². The van der Waals surface area contributed by atoms with Crippen LogP contribution < -0.4 is 5.32 Å². The molecule has 0 saturated heterocycles. The molecule has 1 rings (SSSR count). The van der Waals surface area contributed by atoms with Gasteiger partial charge in [-0.3, -0.25) is 0 Å². The molecule has 0 atom stereocenters. The molecule has 0 aromatic heterocycles. The van der Waals surface area contributed by atoms with Crippen LogP contribution in [-0.4, -0.2) is 24.0 Å². The first-order chi connectivity index (χ1) is 8.13. The van der Waals surface area contributed by atoms with Crippen LogP contribution in [0.3, 0.4) is 0 Å². The summed E-state index contributed by atoms with van der Waals surface area (Å²) in [6.07, 6.45) is 0. The Kier molecular flexibility index (Phi) is 7.19. The van der Waals surface area contributed by atoms with Crippen molar-refractivity contribution < 1.29 is 5.11 Å². The lowest BCUT2D eigenvalue weighted by atomic mass is 10.2. The molecule has 0 amide bonds. The van der Waals surface area contributed by atoms with E-state index >= 15 is 0 Å². The molecule has 2 nitrogen and oxygen atoms in total. The maximum absolute atomic E-state index is 8.89. The predicted molar refractivity (Wildman–Crippen MR) is 78.5 cm³/mol. The van der Waals surface area contributed by atoms with Crippen LogP contribution in [0, 0.1) is 5.92 Å². The molecule has 0 aliphatic carbocycles. The Hall–Kier alpha value is -0.0300. The molecule has 1 aromatic carbocycles. The first kappa shape index (κ1) is 15.0. The molecule has 0 unspecified atom stereocenters. The average molecular weight is 318 g/mol. The Balaban J connectivity index is 2.62. The summed E-state index contributed by atoms with van der Waals surface area (Å²) in [6, 6.07) is 6.32. The molecule has 0 aliphatic heterocycles. The number of benzene rings is 1. The highest BCUT2D eigenvalue weighted by atomic mass is 79.9. The third kappa shape index (κ3) is 5.91. The molecular formula is C13H20BrNOS. The number of rotatable bonds is 7. The van der Waals surface area contributed by atoms with Gasteiger partial charge in [0.2, 0.25) is 0 Å². The largest absolute Gasteiger partial charge is 0.396 e. The van der Waals surface area contributed by atoms with Gasteiger partial charge in [-0.25, -0.2) is 0 Å². The van der Waals surface area contributed by atoms with Gasteiger partial charge >= 0.3 is 0 Å². The fourth-order valence-electron chi connectivity index (χ4n) is 1.46. The van der Waals surface area contributed by atoms with Gasteiger partial charge in [-0.1, -0.05) is 35.8 Å². The maximum atomic E-state index is 8.89. The second kappa shape index (κ2) is 8.14. The monoisotopic (exact) mass is 317 g/mol. The molecule has 0 fully saturated rings. The molecule has 0 radical (unpaired) electrons. The van der Waals surface area contributed by atoms with E-state index < -0.39 is 0 Å². The van der Waals surface area contributed by atoms with Crippen molar-refractivity contribution >= 4 is 27.7 Å². The first-order valence-electron chi connectivity index (χ1n) is 5.86. The van der Waals surface area contributed by atoms with Crippen LogP contribution in [0.1, 0.15) is 19.4 Å². The van der Waals surface area contributed by atoms with Gasteiger partial charge in [0.05, 0.1) is 6.61 Å². The number of hydrogen-bond acceptors (Lipinski definition) is 3. The minimum Gasteiger partial charge on any atom is -0.396 e. The lowest BCUT2D eigenvalue weighted by Gasteiger charge is -2.12. The number of halogens is 1. The van der Waals surface area contributed by atoms with Crippen LogP contribution in [0.25, 0.3) is 0 Å². The molecule has 0 heterocycles. The smallest absolute Gasteiger partial charge is 0.0525 e. The summed E-state index contributed by atoms with van der Waals surface area (Å²) in [7, 11) is 0. The van der Waals surface area contributed by atoms with Crippen molar-refractivity contribution in [1.82, 2.24) is 5.32 Å². The van der Waals surface area contributed by atoms with Crippen LogP contribution in [0.4, 0.5) is 0 Å². The van der Waals surface area contributed by atoms with Crippen molar-refractivity contribution in [2.75, 3.05) is 18.9 Å². The van der Waals surface area contributed by atoms with E-state index in [2.05, 4.69) is 53.3 Å². The van der Waals surface area contributed by atoms with E-state index in [1.54, 1.807) is 11.8 Å². The van der Waals surface area contributed by atoms with Crippen LogP contribution >= 0.6 is 27.7 Å². The number of aliphatic hydroxyl groups excluding tert-OH is 1. The second-order valence-corrected chi connectivity index (χ2v) is 6.40. The summed E-state index contributed by atoms with van der Waals surface area (Å²) in [5, 5.41) is 12.3. The molecule has 0 saturated carbocycles. The lowest BCUT2D eigenvalue weighted by Crippen LogP contribution is -2.19. The van der Waals surface area contributed by atoms with Gasteiger partial charge in [-0.15, -0.1) is 11.8 Å². The fraction of sp³-hybridized carbons (Fsp3) is 0.538. The number of aliphatic hydroxyl groups is 1. The topological polar surface area (TPSA) is 32.3 Å². The van der Waals surface area contributed by atoms with Gasteiger partial charge < -0.3 is 10.4 Å². The number of hydrogen-bond donors (Lipinski definition) is 2. The van der Waals surface area contributed by atoms with Gasteiger partial charge in [0.25, 0.3) is 0 Å². The third-order valence-electron chi connectivity index (χ3n) is 2.25. The summed E-state index contributed by atoms with van der Waals surface area (Å²) in [5.74, 6) is 1.41. The zero-order valence-electron chi connectivity index (χ0n) is 10.4. The minimum absolute atomic E-state index is 0.218. The highest BCUT2D eigenvalue weighted by molar-refractivity contribution is 9.10. The van der Waals surface area contributed by atoms with Crippen LogP contribution in [0.15, 0.2) is 27.6 Å². The van der Waals surface area contributed by atoms with E-state index in [1.807, 2.05) is 0 Å². The summed E-state index contributed by atoms with van der Waals surface area (Å²) in [6.45, 7) is 6.54. The molecule has 96 valence electrons. The van der Waals surface area contributed by atoms with Crippen molar-refractivity contribution in [3.63, 3.8) is 0 Å². The second-order valence-electron chi connectivity index (χ2n) is 4.35. The SMILES string of the molecule is CC(C)CNCc1ccc(Br)cc1SCCO. The zero-order chi connectivity index (χ0) is 12.7. The Labute approximate surface area is 116 Å². The van der Waals surface area contributed by atoms with E-state index in [-0.39, 0.29) is 6.61 Å². The standard InChI is InChI=1S/C13H20BrNOS/c1-10(2)8-15-9-11-3-4-12(14)7-13(11)17-6-5-16/h3-4,7,10,15-16H,5-6,8-9H2,1-2H3. The fourth-order valence-corrected chi connectivity index (χ4v) is 2.82. The predicted octanol–water partition coefficient (Wildman–Crippen LogP) is 3.28. The number of nitrogens with one attached hydrogen (secondary N) is 1. The van der Waals surface area contributed by atoms with Gasteiger partial charge in [-0.05, 0) is 30.2 Å².